The number of carbonyl (C=O) groups is 1. The van der Waals surface area contributed by atoms with Crippen molar-refractivity contribution in [3.63, 3.8) is 0 Å². The zero-order chi connectivity index (χ0) is 7.56. The molecule has 0 aromatic heterocycles. The fourth-order valence-corrected chi connectivity index (χ4v) is 0.955. The van der Waals surface area contributed by atoms with E-state index in [0.29, 0.717) is 6.42 Å². The van der Waals surface area contributed by atoms with Crippen LogP contribution in [0.3, 0.4) is 0 Å². The number of ketones is 1. The smallest absolute Gasteiger partial charge is 0.180 e. The van der Waals surface area contributed by atoms with Gasteiger partial charge in [-0.3, -0.25) is 9.79 Å². The molecule has 0 radical (unpaired) electrons. The van der Waals surface area contributed by atoms with Gasteiger partial charge in [-0.15, -0.1) is 12.4 Å². The van der Waals surface area contributed by atoms with Crippen LogP contribution in [0.2, 0.25) is 0 Å². The molecule has 0 aliphatic carbocycles. The third-order valence-electron chi connectivity index (χ3n) is 1.55. The van der Waals surface area contributed by atoms with Crippen LogP contribution in [0.25, 0.3) is 0 Å². The number of Topliss-reactive ketones (excluding diaryl/α,β-unsaturated/α-hetero) is 1. The number of halogens is 1. The Balaban J connectivity index is 0.000001000. The Bertz CT molecular complexity index is 218. The number of allylic oxidation sites excluding steroid dienone is 2. The summed E-state index contributed by atoms with van der Waals surface area (Å²) >= 11 is 0. The van der Waals surface area contributed by atoms with Crippen LogP contribution < -0.4 is 0 Å². The van der Waals surface area contributed by atoms with Crippen molar-refractivity contribution in [3.8, 4) is 0 Å². The lowest BCUT2D eigenvalue weighted by molar-refractivity contribution is -0.112. The van der Waals surface area contributed by atoms with Crippen LogP contribution in [0, 0.1) is 0 Å². The summed E-state index contributed by atoms with van der Waals surface area (Å²) in [5.74, 6) is 0.174. The lowest BCUT2D eigenvalue weighted by Gasteiger charge is -2.06. The lowest BCUT2D eigenvalue weighted by Crippen LogP contribution is -2.14. The van der Waals surface area contributed by atoms with Crippen molar-refractivity contribution < 1.29 is 4.79 Å². The number of aliphatic imine (C=N–C) groups is 1. The highest BCUT2D eigenvalue weighted by Gasteiger charge is 2.11. The van der Waals surface area contributed by atoms with Crippen molar-refractivity contribution >= 4 is 23.9 Å². The van der Waals surface area contributed by atoms with E-state index in [1.807, 2.05) is 19.9 Å². The van der Waals surface area contributed by atoms with Crippen molar-refractivity contribution in [2.45, 2.75) is 26.7 Å². The maximum Gasteiger partial charge on any atom is 0.180 e. The molecule has 11 heavy (non-hydrogen) atoms. The zero-order valence-electron chi connectivity index (χ0n) is 6.76. The molecule has 0 atom stereocenters. The van der Waals surface area contributed by atoms with Gasteiger partial charge in [0.2, 0.25) is 0 Å². The van der Waals surface area contributed by atoms with Crippen molar-refractivity contribution in [1.82, 2.24) is 0 Å². The molecule has 0 bridgehead atoms. The van der Waals surface area contributed by atoms with Crippen LogP contribution in [-0.4, -0.2) is 11.5 Å². The van der Waals surface area contributed by atoms with E-state index >= 15 is 0 Å². The van der Waals surface area contributed by atoms with Gasteiger partial charge in [-0.2, -0.15) is 0 Å². The van der Waals surface area contributed by atoms with E-state index < -0.39 is 0 Å². The van der Waals surface area contributed by atoms with Gasteiger partial charge >= 0.3 is 0 Å². The van der Waals surface area contributed by atoms with Crippen molar-refractivity contribution in [1.29, 1.82) is 0 Å². The summed E-state index contributed by atoms with van der Waals surface area (Å²) in [7, 11) is 0. The second-order valence-electron chi connectivity index (χ2n) is 2.38. The predicted molar refractivity (Wildman–Crippen MR) is 48.4 cm³/mol. The molecule has 0 aromatic carbocycles. The number of rotatable bonds is 1. The quantitative estimate of drug-likeness (QED) is 0.598. The number of hydrogen-bond acceptors (Lipinski definition) is 2. The zero-order valence-corrected chi connectivity index (χ0v) is 7.57. The molecule has 0 N–H and O–H groups in total. The van der Waals surface area contributed by atoms with Crippen molar-refractivity contribution in [2.24, 2.45) is 4.99 Å². The molecule has 2 nitrogen and oxygen atoms in total. The average Bonchev–Trinajstić information content (AvgIpc) is 1.94. The molecule has 62 valence electrons. The summed E-state index contributed by atoms with van der Waals surface area (Å²) in [4.78, 5) is 15.1. The van der Waals surface area contributed by atoms with Gasteiger partial charge in [-0.25, -0.2) is 0 Å². The van der Waals surface area contributed by atoms with Gasteiger partial charge in [0, 0.05) is 12.1 Å². The Hall–Kier alpha value is -0.630. The third-order valence-corrected chi connectivity index (χ3v) is 1.55. The summed E-state index contributed by atoms with van der Waals surface area (Å²) in [5.41, 5.74) is 1.69. The molecule has 0 aromatic rings. The Kier molecular flexibility index (Phi) is 4.04. The highest BCUT2D eigenvalue weighted by molar-refractivity contribution is 6.40. The molecule has 1 heterocycles. The second-order valence-corrected chi connectivity index (χ2v) is 2.38. The van der Waals surface area contributed by atoms with Crippen LogP contribution in [0.15, 0.2) is 16.8 Å². The van der Waals surface area contributed by atoms with Crippen LogP contribution in [0.1, 0.15) is 26.7 Å². The third kappa shape index (κ3) is 2.46. The number of hydrogen-bond donors (Lipinski definition) is 0. The first-order valence-electron chi connectivity index (χ1n) is 3.51. The Morgan fingerprint density at radius 3 is 2.73 bits per heavy atom. The van der Waals surface area contributed by atoms with E-state index in [2.05, 4.69) is 4.99 Å². The van der Waals surface area contributed by atoms with Gasteiger partial charge in [-0.1, -0.05) is 13.0 Å². The minimum absolute atomic E-state index is 0. The normalized spacial score (nSPS) is 16.7. The van der Waals surface area contributed by atoms with Gasteiger partial charge in [-0.05, 0) is 13.3 Å². The molecule has 0 amide bonds. The van der Waals surface area contributed by atoms with Gasteiger partial charge in [0.05, 0.1) is 5.71 Å². The molecule has 0 saturated carbocycles. The van der Waals surface area contributed by atoms with E-state index in [4.69, 9.17) is 0 Å². The van der Waals surface area contributed by atoms with E-state index in [-0.39, 0.29) is 18.2 Å². The second kappa shape index (κ2) is 4.29. The Morgan fingerprint density at radius 2 is 2.27 bits per heavy atom. The summed E-state index contributed by atoms with van der Waals surface area (Å²) in [6, 6.07) is 0. The molecule has 0 spiro atoms. The SMILES string of the molecule is CCC1=NC(C)=CCC1=O.Cl. The largest absolute Gasteiger partial charge is 0.292 e. The van der Waals surface area contributed by atoms with Gasteiger partial charge in [0.1, 0.15) is 0 Å². The summed E-state index contributed by atoms with van der Waals surface area (Å²) in [6.07, 6.45) is 3.16. The van der Waals surface area contributed by atoms with Gasteiger partial charge in [0.15, 0.2) is 5.78 Å². The average molecular weight is 174 g/mol. The monoisotopic (exact) mass is 173 g/mol. The predicted octanol–water partition coefficient (Wildman–Crippen LogP) is 2.14. The van der Waals surface area contributed by atoms with Crippen LogP contribution in [0.5, 0.6) is 0 Å². The molecule has 1 aliphatic rings. The molecular weight excluding hydrogens is 162 g/mol. The number of nitrogens with zero attached hydrogens (tertiary/aromatic N) is 1. The highest BCUT2D eigenvalue weighted by Crippen LogP contribution is 2.08. The van der Waals surface area contributed by atoms with Crippen molar-refractivity contribution in [2.75, 3.05) is 0 Å². The van der Waals surface area contributed by atoms with E-state index in [1.165, 1.54) is 0 Å². The number of carbonyl (C=O) groups excluding carboxylic acids is 1. The molecule has 0 saturated heterocycles. The first-order valence-corrected chi connectivity index (χ1v) is 3.51. The molecule has 1 rings (SSSR count). The Morgan fingerprint density at radius 1 is 1.64 bits per heavy atom. The van der Waals surface area contributed by atoms with E-state index in [1.54, 1.807) is 0 Å². The van der Waals surface area contributed by atoms with Gasteiger partial charge in [0.25, 0.3) is 0 Å². The minimum atomic E-state index is 0. The lowest BCUT2D eigenvalue weighted by atomic mass is 10.1. The summed E-state index contributed by atoms with van der Waals surface area (Å²) < 4.78 is 0. The highest BCUT2D eigenvalue weighted by atomic mass is 35.5. The van der Waals surface area contributed by atoms with E-state index in [9.17, 15) is 4.79 Å². The molecular formula is C8H12ClNO. The van der Waals surface area contributed by atoms with Gasteiger partial charge < -0.3 is 0 Å². The minimum Gasteiger partial charge on any atom is -0.292 e. The molecule has 1 aliphatic heterocycles. The summed E-state index contributed by atoms with van der Waals surface area (Å²) in [5, 5.41) is 0. The van der Waals surface area contributed by atoms with Crippen LogP contribution in [-0.2, 0) is 4.79 Å². The fraction of sp³-hybridized carbons (Fsp3) is 0.500. The topological polar surface area (TPSA) is 29.4 Å². The van der Waals surface area contributed by atoms with Crippen LogP contribution in [0.4, 0.5) is 0 Å². The molecule has 0 fully saturated rings. The maximum absolute atomic E-state index is 11.0. The molecule has 3 heteroatoms. The Labute approximate surface area is 72.8 Å². The first-order chi connectivity index (χ1) is 4.74. The summed E-state index contributed by atoms with van der Waals surface area (Å²) in [6.45, 7) is 3.87. The van der Waals surface area contributed by atoms with Crippen LogP contribution >= 0.6 is 12.4 Å². The first kappa shape index (κ1) is 10.4. The molecule has 0 unspecified atom stereocenters. The van der Waals surface area contributed by atoms with Crippen molar-refractivity contribution in [3.05, 3.63) is 11.8 Å². The standard InChI is InChI=1S/C8H11NO.ClH/c1-3-7-8(10)5-4-6(2)9-7;/h4H,3,5H2,1-2H3;1H. The van der Waals surface area contributed by atoms with E-state index in [0.717, 1.165) is 17.8 Å². The fourth-order valence-electron chi connectivity index (χ4n) is 0.955. The maximum atomic E-state index is 11.0.